The summed E-state index contributed by atoms with van der Waals surface area (Å²) in [7, 11) is 0. The molecule has 18 heavy (non-hydrogen) atoms. The first-order chi connectivity index (χ1) is 8.75. The van der Waals surface area contributed by atoms with Crippen molar-refractivity contribution in [3.63, 3.8) is 0 Å². The number of thiophene rings is 1. The molecule has 92 valence electrons. The lowest BCUT2D eigenvalue weighted by Gasteiger charge is -2.04. The number of thiazole rings is 1. The van der Waals surface area contributed by atoms with Crippen molar-refractivity contribution >= 4 is 32.8 Å². The molecule has 0 fully saturated rings. The van der Waals surface area contributed by atoms with E-state index in [1.165, 1.54) is 4.88 Å². The molecule has 0 aliphatic heterocycles. The van der Waals surface area contributed by atoms with Crippen LogP contribution in [0, 0.1) is 6.92 Å². The number of fused-ring (bicyclic) bond motifs is 1. The lowest BCUT2D eigenvalue weighted by atomic mass is 10.3. The molecule has 3 rings (SSSR count). The normalized spacial score (nSPS) is 11.2. The molecular formula is C13H12N2OS2. The van der Waals surface area contributed by atoms with Gasteiger partial charge in [-0.15, -0.1) is 22.7 Å². The summed E-state index contributed by atoms with van der Waals surface area (Å²) in [6, 6.07) is 3.91. The van der Waals surface area contributed by atoms with Crippen LogP contribution in [0.3, 0.4) is 0 Å². The molecule has 5 heteroatoms. The van der Waals surface area contributed by atoms with Crippen molar-refractivity contribution in [1.29, 1.82) is 0 Å². The Morgan fingerprint density at radius 2 is 2.22 bits per heavy atom. The van der Waals surface area contributed by atoms with Crippen LogP contribution in [0.5, 0.6) is 0 Å². The van der Waals surface area contributed by atoms with Gasteiger partial charge in [0.1, 0.15) is 0 Å². The van der Waals surface area contributed by atoms with E-state index >= 15 is 0 Å². The van der Waals surface area contributed by atoms with Crippen LogP contribution >= 0.6 is 22.7 Å². The van der Waals surface area contributed by atoms with Gasteiger partial charge in [-0.2, -0.15) is 0 Å². The van der Waals surface area contributed by atoms with Gasteiger partial charge in [0, 0.05) is 28.7 Å². The average molecular weight is 276 g/mol. The third kappa shape index (κ3) is 2.00. The molecule has 3 nitrogen and oxygen atoms in total. The summed E-state index contributed by atoms with van der Waals surface area (Å²) < 4.78 is 2.85. The fraction of sp³-hybridized carbons (Fsp3) is 0.231. The first-order valence-electron chi connectivity index (χ1n) is 5.71. The summed E-state index contributed by atoms with van der Waals surface area (Å²) >= 11 is 3.26. The van der Waals surface area contributed by atoms with Gasteiger partial charge in [-0.05, 0) is 24.4 Å². The van der Waals surface area contributed by atoms with Crippen LogP contribution in [-0.4, -0.2) is 9.55 Å². The van der Waals surface area contributed by atoms with Crippen molar-refractivity contribution in [2.24, 2.45) is 0 Å². The standard InChI is InChI=1S/C13H12N2OS2/c1-9-11(18-8-14-9)2-5-15-6-3-12-10(13(15)16)4-7-17-12/h3-4,6-8H,2,5H2,1H3. The molecule has 0 bridgehead atoms. The summed E-state index contributed by atoms with van der Waals surface area (Å²) in [6.07, 6.45) is 2.75. The molecular weight excluding hydrogens is 264 g/mol. The Bertz CT molecular complexity index is 739. The van der Waals surface area contributed by atoms with Crippen molar-refractivity contribution in [2.75, 3.05) is 0 Å². The van der Waals surface area contributed by atoms with Crippen molar-refractivity contribution < 1.29 is 0 Å². The highest BCUT2D eigenvalue weighted by atomic mass is 32.1. The van der Waals surface area contributed by atoms with Crippen molar-refractivity contribution in [3.8, 4) is 0 Å². The Kier molecular flexibility index (Phi) is 3.01. The third-order valence-corrected chi connectivity index (χ3v) is 4.89. The van der Waals surface area contributed by atoms with Crippen LogP contribution in [0.1, 0.15) is 10.6 Å². The lowest BCUT2D eigenvalue weighted by molar-refractivity contribution is 0.678. The molecule has 0 saturated heterocycles. The van der Waals surface area contributed by atoms with Crippen molar-refractivity contribution in [2.45, 2.75) is 19.9 Å². The molecule has 0 spiro atoms. The Morgan fingerprint density at radius 3 is 3.00 bits per heavy atom. The van der Waals surface area contributed by atoms with E-state index in [-0.39, 0.29) is 5.56 Å². The Hall–Kier alpha value is -1.46. The molecule has 0 aliphatic rings. The predicted octanol–water partition coefficient (Wildman–Crippen LogP) is 3.07. The number of nitrogens with zero attached hydrogens (tertiary/aromatic N) is 2. The molecule has 3 heterocycles. The van der Waals surface area contributed by atoms with E-state index in [2.05, 4.69) is 4.98 Å². The van der Waals surface area contributed by atoms with Crippen LogP contribution in [-0.2, 0) is 13.0 Å². The maximum absolute atomic E-state index is 12.2. The maximum atomic E-state index is 12.2. The number of aromatic nitrogens is 2. The number of hydrogen-bond donors (Lipinski definition) is 0. The summed E-state index contributed by atoms with van der Waals surface area (Å²) in [5.41, 5.74) is 3.04. The molecule has 0 atom stereocenters. The van der Waals surface area contributed by atoms with Crippen LogP contribution in [0.25, 0.3) is 10.1 Å². The van der Waals surface area contributed by atoms with Gasteiger partial charge in [-0.1, -0.05) is 0 Å². The van der Waals surface area contributed by atoms with E-state index in [0.717, 1.165) is 22.2 Å². The number of pyridine rings is 1. The van der Waals surface area contributed by atoms with E-state index in [4.69, 9.17) is 0 Å². The van der Waals surface area contributed by atoms with Crippen LogP contribution in [0.15, 0.2) is 34.0 Å². The molecule has 0 N–H and O–H groups in total. The Morgan fingerprint density at radius 1 is 1.33 bits per heavy atom. The fourth-order valence-corrected chi connectivity index (χ4v) is 3.51. The topological polar surface area (TPSA) is 34.9 Å². The molecule has 0 amide bonds. The van der Waals surface area contributed by atoms with Crippen LogP contribution in [0.2, 0.25) is 0 Å². The minimum Gasteiger partial charge on any atom is -0.315 e. The molecule has 0 aromatic carbocycles. The molecule has 3 aromatic heterocycles. The molecule has 0 aliphatic carbocycles. The zero-order chi connectivity index (χ0) is 12.5. The number of aryl methyl sites for hydroxylation is 3. The van der Waals surface area contributed by atoms with E-state index in [0.29, 0.717) is 6.54 Å². The van der Waals surface area contributed by atoms with Gasteiger partial charge in [0.25, 0.3) is 5.56 Å². The van der Waals surface area contributed by atoms with Gasteiger partial charge in [-0.25, -0.2) is 4.98 Å². The minimum absolute atomic E-state index is 0.107. The maximum Gasteiger partial charge on any atom is 0.259 e. The summed E-state index contributed by atoms with van der Waals surface area (Å²) in [5, 5.41) is 2.78. The second kappa shape index (κ2) is 4.66. The highest BCUT2D eigenvalue weighted by Crippen LogP contribution is 2.17. The van der Waals surface area contributed by atoms with E-state index in [9.17, 15) is 4.79 Å². The van der Waals surface area contributed by atoms with Crippen molar-refractivity contribution in [1.82, 2.24) is 9.55 Å². The summed E-state index contributed by atoms with van der Waals surface area (Å²) in [4.78, 5) is 17.7. The second-order valence-electron chi connectivity index (χ2n) is 4.12. The van der Waals surface area contributed by atoms with Gasteiger partial charge in [-0.3, -0.25) is 4.79 Å². The minimum atomic E-state index is 0.107. The SMILES string of the molecule is Cc1ncsc1CCn1ccc2sccc2c1=O. The summed E-state index contributed by atoms with van der Waals surface area (Å²) in [5.74, 6) is 0. The average Bonchev–Trinajstić information content (AvgIpc) is 2.98. The highest BCUT2D eigenvalue weighted by molar-refractivity contribution is 7.17. The third-order valence-electron chi connectivity index (χ3n) is 3.02. The highest BCUT2D eigenvalue weighted by Gasteiger charge is 2.05. The van der Waals surface area contributed by atoms with E-state index < -0.39 is 0 Å². The first-order valence-corrected chi connectivity index (χ1v) is 7.47. The zero-order valence-corrected chi connectivity index (χ0v) is 11.6. The van der Waals surface area contributed by atoms with Gasteiger partial charge in [0.05, 0.1) is 16.6 Å². The first kappa shape index (κ1) is 11.6. The molecule has 0 unspecified atom stereocenters. The van der Waals surface area contributed by atoms with Gasteiger partial charge >= 0.3 is 0 Å². The Labute approximate surface area is 112 Å². The monoisotopic (exact) mass is 276 g/mol. The van der Waals surface area contributed by atoms with Gasteiger partial charge in [0.15, 0.2) is 0 Å². The van der Waals surface area contributed by atoms with Gasteiger partial charge in [0.2, 0.25) is 0 Å². The molecule has 0 radical (unpaired) electrons. The van der Waals surface area contributed by atoms with Gasteiger partial charge < -0.3 is 4.57 Å². The van der Waals surface area contributed by atoms with Crippen LogP contribution < -0.4 is 5.56 Å². The van der Waals surface area contributed by atoms with Crippen molar-refractivity contribution in [3.05, 3.63) is 50.1 Å². The fourth-order valence-electron chi connectivity index (χ4n) is 1.97. The smallest absolute Gasteiger partial charge is 0.259 e. The Balaban J connectivity index is 1.89. The largest absolute Gasteiger partial charge is 0.315 e. The zero-order valence-electron chi connectivity index (χ0n) is 9.92. The quantitative estimate of drug-likeness (QED) is 0.737. The molecule has 0 saturated carbocycles. The van der Waals surface area contributed by atoms with E-state index in [1.54, 1.807) is 27.2 Å². The van der Waals surface area contributed by atoms with Crippen LogP contribution in [0.4, 0.5) is 0 Å². The lowest BCUT2D eigenvalue weighted by Crippen LogP contribution is -2.19. The second-order valence-corrected chi connectivity index (χ2v) is 6.01. The number of rotatable bonds is 3. The van der Waals surface area contributed by atoms with E-state index in [1.807, 2.05) is 36.1 Å². The molecule has 3 aromatic rings. The summed E-state index contributed by atoms with van der Waals surface area (Å²) in [6.45, 7) is 2.73. The number of hydrogen-bond acceptors (Lipinski definition) is 4. The predicted molar refractivity (Wildman–Crippen MR) is 76.6 cm³/mol.